The van der Waals surface area contributed by atoms with Crippen LogP contribution in [0.3, 0.4) is 0 Å². The first-order chi connectivity index (χ1) is 13.1. The zero-order valence-electron chi connectivity index (χ0n) is 15.5. The van der Waals surface area contributed by atoms with Crippen LogP contribution in [0.4, 0.5) is 5.69 Å². The Morgan fingerprint density at radius 1 is 0.926 bits per heavy atom. The molecular weight excluding hydrogens is 352 g/mol. The molecule has 0 saturated heterocycles. The predicted molar refractivity (Wildman–Crippen MR) is 116 cm³/mol. The van der Waals surface area contributed by atoms with Gasteiger partial charge in [-0.3, -0.25) is 4.79 Å². The molecule has 1 atom stereocenters. The molecule has 1 amide bonds. The second kappa shape index (κ2) is 11.1. The van der Waals surface area contributed by atoms with Gasteiger partial charge in [-0.15, -0.1) is 12.6 Å². The molecule has 0 heterocycles. The average molecular weight is 379 g/mol. The van der Waals surface area contributed by atoms with E-state index in [2.05, 4.69) is 37.0 Å². The van der Waals surface area contributed by atoms with Gasteiger partial charge in [0.05, 0.1) is 5.56 Å². The summed E-state index contributed by atoms with van der Waals surface area (Å²) in [4.78, 5) is 13.3. The summed E-state index contributed by atoms with van der Waals surface area (Å²) >= 11 is 4.08. The highest BCUT2D eigenvalue weighted by Gasteiger charge is 2.14. The SMILES string of the molecule is CCC(Cc1ccccc1)NC(=O)c1ccccc1N.Sc1ccccc1. The van der Waals surface area contributed by atoms with Gasteiger partial charge in [0.15, 0.2) is 0 Å². The minimum Gasteiger partial charge on any atom is -0.398 e. The molecule has 3 aromatic carbocycles. The minimum atomic E-state index is -0.106. The van der Waals surface area contributed by atoms with Crippen molar-refractivity contribution in [2.24, 2.45) is 0 Å². The van der Waals surface area contributed by atoms with E-state index < -0.39 is 0 Å². The van der Waals surface area contributed by atoms with Gasteiger partial charge < -0.3 is 11.1 Å². The lowest BCUT2D eigenvalue weighted by Crippen LogP contribution is -2.36. The van der Waals surface area contributed by atoms with Crippen molar-refractivity contribution in [2.45, 2.75) is 30.7 Å². The van der Waals surface area contributed by atoms with Crippen molar-refractivity contribution in [3.63, 3.8) is 0 Å². The summed E-state index contributed by atoms with van der Waals surface area (Å²) in [6.07, 6.45) is 1.71. The summed E-state index contributed by atoms with van der Waals surface area (Å²) in [7, 11) is 0. The molecule has 0 aliphatic rings. The molecule has 0 bridgehead atoms. The molecule has 0 aliphatic heterocycles. The number of thiol groups is 1. The van der Waals surface area contributed by atoms with E-state index in [0.717, 1.165) is 17.7 Å². The highest BCUT2D eigenvalue weighted by Crippen LogP contribution is 2.12. The number of benzene rings is 3. The second-order valence-electron chi connectivity index (χ2n) is 6.19. The fourth-order valence-electron chi connectivity index (χ4n) is 2.59. The molecule has 3 aromatic rings. The van der Waals surface area contributed by atoms with Gasteiger partial charge in [-0.05, 0) is 42.7 Å². The van der Waals surface area contributed by atoms with Gasteiger partial charge in [0.2, 0.25) is 0 Å². The van der Waals surface area contributed by atoms with Crippen LogP contribution in [0, 0.1) is 0 Å². The molecule has 1 unspecified atom stereocenters. The third kappa shape index (κ3) is 7.19. The molecule has 4 heteroatoms. The molecule has 0 aliphatic carbocycles. The molecular formula is C23H26N2OS. The number of carbonyl (C=O) groups excluding carboxylic acids is 1. The fraction of sp³-hybridized carbons (Fsp3) is 0.174. The maximum absolute atomic E-state index is 12.2. The van der Waals surface area contributed by atoms with Gasteiger partial charge >= 0.3 is 0 Å². The minimum absolute atomic E-state index is 0.106. The molecule has 27 heavy (non-hydrogen) atoms. The first-order valence-corrected chi connectivity index (χ1v) is 9.48. The number of hydrogen-bond donors (Lipinski definition) is 3. The smallest absolute Gasteiger partial charge is 0.253 e. The van der Waals surface area contributed by atoms with Crippen LogP contribution in [-0.2, 0) is 6.42 Å². The van der Waals surface area contributed by atoms with Crippen molar-refractivity contribution < 1.29 is 4.79 Å². The Morgan fingerprint density at radius 3 is 2.00 bits per heavy atom. The Morgan fingerprint density at radius 2 is 1.48 bits per heavy atom. The zero-order chi connectivity index (χ0) is 19.5. The van der Waals surface area contributed by atoms with E-state index in [4.69, 9.17) is 5.73 Å². The van der Waals surface area contributed by atoms with E-state index in [1.54, 1.807) is 12.1 Å². The molecule has 140 valence electrons. The van der Waals surface area contributed by atoms with Crippen LogP contribution in [-0.4, -0.2) is 11.9 Å². The number of anilines is 1. The second-order valence-corrected chi connectivity index (χ2v) is 6.71. The van der Waals surface area contributed by atoms with Crippen LogP contribution >= 0.6 is 12.6 Å². The van der Waals surface area contributed by atoms with Gasteiger partial charge in [0.25, 0.3) is 5.91 Å². The van der Waals surface area contributed by atoms with Crippen molar-refractivity contribution in [2.75, 3.05) is 5.73 Å². The van der Waals surface area contributed by atoms with Crippen LogP contribution < -0.4 is 11.1 Å². The number of nitrogens with one attached hydrogen (secondary N) is 1. The number of hydrogen-bond acceptors (Lipinski definition) is 3. The lowest BCUT2D eigenvalue weighted by atomic mass is 10.0. The van der Waals surface area contributed by atoms with Crippen LogP contribution in [0.15, 0.2) is 89.8 Å². The average Bonchev–Trinajstić information content (AvgIpc) is 2.69. The monoisotopic (exact) mass is 378 g/mol. The normalized spacial score (nSPS) is 11.0. The standard InChI is InChI=1S/C17H20N2O.C6H6S/c1-2-14(12-13-8-4-3-5-9-13)19-17(20)15-10-6-7-11-16(15)18;7-6-4-2-1-3-5-6/h3-11,14H,2,12,18H2,1H3,(H,19,20);1-5,7H. The number of amides is 1. The Labute approximate surface area is 167 Å². The number of rotatable bonds is 5. The lowest BCUT2D eigenvalue weighted by molar-refractivity contribution is 0.0936. The van der Waals surface area contributed by atoms with Crippen molar-refractivity contribution in [1.29, 1.82) is 0 Å². The predicted octanol–water partition coefficient (Wildman–Crippen LogP) is 5.00. The summed E-state index contributed by atoms with van der Waals surface area (Å²) < 4.78 is 0. The van der Waals surface area contributed by atoms with Crippen LogP contribution in [0.2, 0.25) is 0 Å². The summed E-state index contributed by atoms with van der Waals surface area (Å²) in [6.45, 7) is 2.07. The third-order valence-corrected chi connectivity index (χ3v) is 4.41. The number of nitrogens with two attached hydrogens (primary N) is 1. The maximum Gasteiger partial charge on any atom is 0.253 e. The van der Waals surface area contributed by atoms with E-state index >= 15 is 0 Å². The highest BCUT2D eigenvalue weighted by atomic mass is 32.1. The number of para-hydroxylation sites is 1. The summed E-state index contributed by atoms with van der Waals surface area (Å²) in [5.41, 5.74) is 8.11. The molecule has 3 rings (SSSR count). The number of carbonyl (C=O) groups is 1. The molecule has 0 fully saturated rings. The van der Waals surface area contributed by atoms with Gasteiger partial charge in [-0.25, -0.2) is 0 Å². The van der Waals surface area contributed by atoms with Crippen LogP contribution in [0.1, 0.15) is 29.3 Å². The van der Waals surface area contributed by atoms with Crippen molar-refractivity contribution in [1.82, 2.24) is 5.32 Å². The summed E-state index contributed by atoms with van der Waals surface area (Å²) in [5.74, 6) is -0.106. The molecule has 3 N–H and O–H groups in total. The Kier molecular flexibility index (Phi) is 8.46. The largest absolute Gasteiger partial charge is 0.398 e. The first kappa shape index (κ1) is 20.6. The van der Waals surface area contributed by atoms with Gasteiger partial charge in [0, 0.05) is 16.6 Å². The topological polar surface area (TPSA) is 55.1 Å². The van der Waals surface area contributed by atoms with Crippen molar-refractivity contribution >= 4 is 24.2 Å². The van der Waals surface area contributed by atoms with Crippen LogP contribution in [0.5, 0.6) is 0 Å². The Hall–Kier alpha value is -2.72. The Balaban J connectivity index is 0.000000313. The molecule has 0 aromatic heterocycles. The highest BCUT2D eigenvalue weighted by molar-refractivity contribution is 7.80. The summed E-state index contributed by atoms with van der Waals surface area (Å²) in [5, 5.41) is 3.05. The van der Waals surface area contributed by atoms with Crippen molar-refractivity contribution in [3.05, 3.63) is 96.1 Å². The maximum atomic E-state index is 12.2. The fourth-order valence-corrected chi connectivity index (χ4v) is 2.76. The zero-order valence-corrected chi connectivity index (χ0v) is 16.4. The van der Waals surface area contributed by atoms with E-state index in [1.165, 1.54) is 5.56 Å². The molecule has 0 spiro atoms. The molecule has 3 nitrogen and oxygen atoms in total. The third-order valence-electron chi connectivity index (χ3n) is 4.11. The van der Waals surface area contributed by atoms with Crippen LogP contribution in [0.25, 0.3) is 0 Å². The van der Waals surface area contributed by atoms with E-state index in [-0.39, 0.29) is 11.9 Å². The van der Waals surface area contributed by atoms with Crippen molar-refractivity contribution in [3.8, 4) is 0 Å². The first-order valence-electron chi connectivity index (χ1n) is 9.03. The number of nitrogen functional groups attached to an aromatic ring is 1. The van der Waals surface area contributed by atoms with Gasteiger partial charge in [-0.1, -0.05) is 67.6 Å². The van der Waals surface area contributed by atoms with Gasteiger partial charge in [-0.2, -0.15) is 0 Å². The Bertz CT molecular complexity index is 822. The summed E-state index contributed by atoms with van der Waals surface area (Å²) in [6, 6.07) is 27.2. The molecule has 0 saturated carbocycles. The quantitative estimate of drug-likeness (QED) is 0.432. The van der Waals surface area contributed by atoms with E-state index in [0.29, 0.717) is 11.3 Å². The lowest BCUT2D eigenvalue weighted by Gasteiger charge is -2.17. The van der Waals surface area contributed by atoms with E-state index in [9.17, 15) is 4.79 Å². The molecule has 0 radical (unpaired) electrons. The van der Waals surface area contributed by atoms with Gasteiger partial charge in [0.1, 0.15) is 0 Å². The van der Waals surface area contributed by atoms with E-state index in [1.807, 2.05) is 60.7 Å².